The van der Waals surface area contributed by atoms with Crippen LogP contribution < -0.4 is 0 Å². The molecule has 3 heteroatoms. The second-order valence-electron chi connectivity index (χ2n) is 0. The molecule has 0 rings (SSSR count). The third-order valence-corrected chi connectivity index (χ3v) is 0. The van der Waals surface area contributed by atoms with E-state index in [0.29, 0.717) is 0 Å². The SMILES string of the molecule is O.O.[C].[Li]. The first-order chi connectivity index (χ1) is 0. The zero-order chi connectivity index (χ0) is 0. The molecule has 0 spiro atoms. The second kappa shape index (κ2) is 83.3. The van der Waals surface area contributed by atoms with Crippen LogP contribution in [0.15, 0.2) is 0 Å². The Morgan fingerprint density at radius 3 is 0.750 bits per heavy atom. The predicted octanol–water partition coefficient (Wildman–Crippen LogP) is -1.95. The summed E-state index contributed by atoms with van der Waals surface area (Å²) in [6.45, 7) is 0. The van der Waals surface area contributed by atoms with E-state index in [1.54, 1.807) is 0 Å². The van der Waals surface area contributed by atoms with Crippen molar-refractivity contribution in [1.82, 2.24) is 0 Å². The van der Waals surface area contributed by atoms with Crippen LogP contribution in [0, 0.1) is 7.43 Å². The van der Waals surface area contributed by atoms with Gasteiger partial charge >= 0.3 is 0 Å². The molecule has 0 amide bonds. The van der Waals surface area contributed by atoms with E-state index < -0.39 is 0 Å². The average molecular weight is 55.0 g/mol. The molecule has 4 heavy (non-hydrogen) atoms. The Morgan fingerprint density at radius 1 is 0.750 bits per heavy atom. The van der Waals surface area contributed by atoms with Gasteiger partial charge in [0.25, 0.3) is 0 Å². The van der Waals surface area contributed by atoms with Crippen LogP contribution in [0.5, 0.6) is 0 Å². The van der Waals surface area contributed by atoms with Crippen LogP contribution in [-0.4, -0.2) is 29.8 Å². The topological polar surface area (TPSA) is 63.0 Å². The minimum absolute atomic E-state index is 0. The van der Waals surface area contributed by atoms with Crippen molar-refractivity contribution in [3.63, 3.8) is 0 Å². The van der Waals surface area contributed by atoms with E-state index in [0.717, 1.165) is 0 Å². The standard InChI is InChI=1S/C.Li.2H2O/h;;2*1H2. The van der Waals surface area contributed by atoms with Crippen LogP contribution in [0.4, 0.5) is 0 Å². The summed E-state index contributed by atoms with van der Waals surface area (Å²) < 4.78 is 0. The Kier molecular flexibility index (Phi) is 4350. The summed E-state index contributed by atoms with van der Waals surface area (Å²) in [5.41, 5.74) is 0. The van der Waals surface area contributed by atoms with E-state index in [-0.39, 0.29) is 37.2 Å². The molecule has 0 atom stereocenters. The van der Waals surface area contributed by atoms with Crippen LogP contribution in [0.1, 0.15) is 0 Å². The van der Waals surface area contributed by atoms with Gasteiger partial charge in [0.05, 0.1) is 0 Å². The first kappa shape index (κ1) is 209. The summed E-state index contributed by atoms with van der Waals surface area (Å²) in [6.07, 6.45) is 0. The van der Waals surface area contributed by atoms with Gasteiger partial charge in [-0.3, -0.25) is 0 Å². The Bertz CT molecular complexity index is 6.00. The zero-order valence-corrected chi connectivity index (χ0v) is 2.50. The third kappa shape index (κ3) is 21.7. The van der Waals surface area contributed by atoms with Gasteiger partial charge in [-0.05, 0) is 0 Å². The predicted molar refractivity (Wildman–Crippen MR) is 16.2 cm³/mol. The summed E-state index contributed by atoms with van der Waals surface area (Å²) in [6, 6.07) is 0. The summed E-state index contributed by atoms with van der Waals surface area (Å²) >= 11 is 0. The molecule has 0 saturated heterocycles. The van der Waals surface area contributed by atoms with Crippen LogP contribution in [0.3, 0.4) is 0 Å². The van der Waals surface area contributed by atoms with Gasteiger partial charge in [0, 0.05) is 26.3 Å². The number of hydrogen-bond acceptors (Lipinski definition) is 0. The molecule has 0 unspecified atom stereocenters. The molecule has 0 heterocycles. The summed E-state index contributed by atoms with van der Waals surface area (Å²) in [4.78, 5) is 0. The van der Waals surface area contributed by atoms with Gasteiger partial charge in [-0.1, -0.05) is 0 Å². The summed E-state index contributed by atoms with van der Waals surface area (Å²) in [5, 5.41) is 0. The van der Waals surface area contributed by atoms with Gasteiger partial charge in [0.2, 0.25) is 0 Å². The monoisotopic (exact) mass is 55.0 g/mol. The molecule has 0 fully saturated rings. The van der Waals surface area contributed by atoms with E-state index in [4.69, 9.17) is 0 Å². The molecule has 2 nitrogen and oxygen atoms in total. The number of rotatable bonds is 0. The summed E-state index contributed by atoms with van der Waals surface area (Å²) in [5.74, 6) is 0. The molecule has 0 aliphatic heterocycles. The fraction of sp³-hybridized carbons (Fsp3) is 0. The van der Waals surface area contributed by atoms with Crippen LogP contribution >= 0.6 is 0 Å². The van der Waals surface area contributed by atoms with E-state index in [1.165, 1.54) is 0 Å². The average Bonchev–Trinajstić information content (AvgIpc) is 0. The fourth-order valence-electron chi connectivity index (χ4n) is 0. The van der Waals surface area contributed by atoms with E-state index in [2.05, 4.69) is 0 Å². The van der Waals surface area contributed by atoms with Crippen LogP contribution in [0.25, 0.3) is 0 Å². The molecular formula is CH4LiO2. The molecular weight excluding hydrogens is 51.0 g/mol. The molecule has 0 aliphatic rings. The maximum absolute atomic E-state index is 0. The second-order valence-corrected chi connectivity index (χ2v) is 0. The van der Waals surface area contributed by atoms with E-state index >= 15 is 0 Å². The molecule has 4 N–H and O–H groups in total. The van der Waals surface area contributed by atoms with Gasteiger partial charge in [-0.15, -0.1) is 0 Å². The van der Waals surface area contributed by atoms with Crippen molar-refractivity contribution in [2.45, 2.75) is 0 Å². The maximum atomic E-state index is 0. The molecule has 0 aromatic rings. The van der Waals surface area contributed by atoms with Crippen LogP contribution in [0.2, 0.25) is 0 Å². The van der Waals surface area contributed by atoms with Gasteiger partial charge in [-0.2, -0.15) is 0 Å². The van der Waals surface area contributed by atoms with Gasteiger partial charge in [0.15, 0.2) is 0 Å². The van der Waals surface area contributed by atoms with Crippen molar-refractivity contribution in [2.75, 3.05) is 0 Å². The van der Waals surface area contributed by atoms with Crippen molar-refractivity contribution < 1.29 is 11.0 Å². The maximum Gasteiger partial charge on any atom is 0 e. The minimum Gasteiger partial charge on any atom is -0.412 e. The smallest absolute Gasteiger partial charge is 0 e. The number of hydrogen-bond donors (Lipinski definition) is 0. The first-order valence-electron chi connectivity index (χ1n) is 0. The van der Waals surface area contributed by atoms with E-state index in [9.17, 15) is 0 Å². The van der Waals surface area contributed by atoms with E-state index in [1.807, 2.05) is 0 Å². The quantitative estimate of drug-likeness (QED) is 0.289. The Morgan fingerprint density at radius 2 is 0.750 bits per heavy atom. The Hall–Kier alpha value is 0.517. The Labute approximate surface area is 38.0 Å². The fourth-order valence-corrected chi connectivity index (χ4v) is 0. The van der Waals surface area contributed by atoms with Crippen molar-refractivity contribution in [2.24, 2.45) is 0 Å². The summed E-state index contributed by atoms with van der Waals surface area (Å²) in [7, 11) is 0. The van der Waals surface area contributed by atoms with Gasteiger partial charge in [0.1, 0.15) is 0 Å². The minimum atomic E-state index is 0. The Balaban J connectivity index is 0. The molecule has 0 saturated carbocycles. The molecule has 21 valence electrons. The van der Waals surface area contributed by atoms with Crippen LogP contribution in [-0.2, 0) is 0 Å². The van der Waals surface area contributed by atoms with Crippen molar-refractivity contribution in [3.8, 4) is 0 Å². The molecule has 0 bridgehead atoms. The van der Waals surface area contributed by atoms with Gasteiger partial charge < -0.3 is 11.0 Å². The molecule has 0 aromatic heterocycles. The first-order valence-corrected chi connectivity index (χ1v) is 0. The largest absolute Gasteiger partial charge is 0.412 e. The van der Waals surface area contributed by atoms with Crippen molar-refractivity contribution in [3.05, 3.63) is 7.43 Å². The van der Waals surface area contributed by atoms with Crippen molar-refractivity contribution in [1.29, 1.82) is 0 Å². The third-order valence-electron chi connectivity index (χ3n) is 0. The molecule has 5 radical (unpaired) electrons. The van der Waals surface area contributed by atoms with Crippen molar-refractivity contribution >= 4 is 18.9 Å². The zero-order valence-electron chi connectivity index (χ0n) is 2.50. The van der Waals surface area contributed by atoms with Gasteiger partial charge in [-0.25, -0.2) is 0 Å². The normalized spacial score (nSPS) is 0. The molecule has 0 aliphatic carbocycles. The molecule has 0 aromatic carbocycles.